The van der Waals surface area contributed by atoms with Gasteiger partial charge in [0.25, 0.3) is 5.56 Å². The van der Waals surface area contributed by atoms with Crippen molar-refractivity contribution in [2.75, 3.05) is 0 Å². The van der Waals surface area contributed by atoms with Gasteiger partial charge in [-0.05, 0) is 6.07 Å². The zero-order valence-electron chi connectivity index (χ0n) is 12.6. The van der Waals surface area contributed by atoms with Crippen LogP contribution < -0.4 is 5.56 Å². The van der Waals surface area contributed by atoms with Gasteiger partial charge in [0.2, 0.25) is 0 Å². The van der Waals surface area contributed by atoms with Crippen LogP contribution in [0, 0.1) is 0 Å². The Balaban J connectivity index is 1.91. The molecule has 0 aliphatic heterocycles. The lowest BCUT2D eigenvalue weighted by Gasteiger charge is -2.03. The molecule has 3 aromatic heterocycles. The molecule has 0 aromatic carbocycles. The average Bonchev–Trinajstić information content (AvgIpc) is 3.10. The maximum atomic E-state index is 12.0. The summed E-state index contributed by atoms with van der Waals surface area (Å²) in [6.07, 6.45) is 3.58. The molecule has 0 N–H and O–H groups in total. The average molecular weight is 316 g/mol. The molecule has 0 aliphatic carbocycles. The fourth-order valence-corrected chi connectivity index (χ4v) is 2.79. The van der Waals surface area contributed by atoms with Crippen molar-refractivity contribution in [1.82, 2.24) is 29.8 Å². The molecule has 0 spiro atoms. The number of aryl methyl sites for hydroxylation is 1. The first-order valence-corrected chi connectivity index (χ1v) is 7.74. The van der Waals surface area contributed by atoms with Gasteiger partial charge < -0.3 is 0 Å². The third-order valence-electron chi connectivity index (χ3n) is 3.13. The van der Waals surface area contributed by atoms with Crippen LogP contribution >= 0.6 is 11.3 Å². The molecule has 114 valence electrons. The summed E-state index contributed by atoms with van der Waals surface area (Å²) in [5, 5.41) is 18.5. The van der Waals surface area contributed by atoms with Crippen molar-refractivity contribution < 1.29 is 0 Å². The van der Waals surface area contributed by atoms with Crippen LogP contribution in [0.2, 0.25) is 0 Å². The van der Waals surface area contributed by atoms with E-state index in [1.807, 2.05) is 13.2 Å². The molecule has 0 radical (unpaired) electrons. The molecule has 0 saturated heterocycles. The zero-order valence-corrected chi connectivity index (χ0v) is 13.4. The summed E-state index contributed by atoms with van der Waals surface area (Å²) in [6, 6.07) is 3.22. The summed E-state index contributed by atoms with van der Waals surface area (Å²) < 4.78 is 3.11. The second-order valence-electron chi connectivity index (χ2n) is 5.31. The van der Waals surface area contributed by atoms with Crippen LogP contribution in [-0.2, 0) is 13.6 Å². The minimum atomic E-state index is -0.158. The molecule has 0 saturated carbocycles. The van der Waals surface area contributed by atoms with Crippen LogP contribution in [0.3, 0.4) is 0 Å². The van der Waals surface area contributed by atoms with Crippen LogP contribution in [0.4, 0.5) is 0 Å². The van der Waals surface area contributed by atoms with Gasteiger partial charge in [-0.3, -0.25) is 9.48 Å². The normalized spacial score (nSPS) is 11.3. The summed E-state index contributed by atoms with van der Waals surface area (Å²) in [5.41, 5.74) is 1.42. The van der Waals surface area contributed by atoms with Gasteiger partial charge in [-0.2, -0.15) is 10.2 Å². The minimum absolute atomic E-state index is 0.158. The van der Waals surface area contributed by atoms with Gasteiger partial charge in [0, 0.05) is 30.8 Å². The summed E-state index contributed by atoms with van der Waals surface area (Å²) in [6.45, 7) is 4.47. The van der Waals surface area contributed by atoms with Gasteiger partial charge in [0.15, 0.2) is 0 Å². The SMILES string of the molecule is CC(C)c1nnc(Cn2nc(-c3cnn(C)c3)ccc2=O)s1. The van der Waals surface area contributed by atoms with E-state index in [1.165, 1.54) is 22.1 Å². The Labute approximate surface area is 131 Å². The van der Waals surface area contributed by atoms with Crippen LogP contribution in [0.1, 0.15) is 29.8 Å². The van der Waals surface area contributed by atoms with E-state index < -0.39 is 0 Å². The van der Waals surface area contributed by atoms with Gasteiger partial charge >= 0.3 is 0 Å². The fraction of sp³-hybridized carbons (Fsp3) is 0.357. The largest absolute Gasteiger partial charge is 0.275 e. The molecule has 8 heteroatoms. The van der Waals surface area contributed by atoms with E-state index in [4.69, 9.17) is 0 Å². The van der Waals surface area contributed by atoms with E-state index in [0.717, 1.165) is 15.6 Å². The first kappa shape index (κ1) is 14.6. The van der Waals surface area contributed by atoms with Gasteiger partial charge in [0.05, 0.1) is 18.4 Å². The third kappa shape index (κ3) is 2.96. The molecular weight excluding hydrogens is 300 g/mol. The van der Waals surface area contributed by atoms with Crippen molar-refractivity contribution in [2.24, 2.45) is 7.05 Å². The van der Waals surface area contributed by atoms with Crippen molar-refractivity contribution in [2.45, 2.75) is 26.3 Å². The molecule has 0 aliphatic rings. The lowest BCUT2D eigenvalue weighted by Crippen LogP contribution is -2.22. The molecule has 3 aromatic rings. The molecule has 0 atom stereocenters. The molecule has 0 amide bonds. The van der Waals surface area contributed by atoms with E-state index in [9.17, 15) is 4.79 Å². The maximum Gasteiger partial charge on any atom is 0.267 e. The third-order valence-corrected chi connectivity index (χ3v) is 4.34. The monoisotopic (exact) mass is 316 g/mol. The summed E-state index contributed by atoms with van der Waals surface area (Å²) >= 11 is 1.51. The summed E-state index contributed by atoms with van der Waals surface area (Å²) in [7, 11) is 1.84. The van der Waals surface area contributed by atoms with E-state index >= 15 is 0 Å². The molecule has 3 heterocycles. The van der Waals surface area contributed by atoms with Gasteiger partial charge in [-0.15, -0.1) is 10.2 Å². The molecule has 0 fully saturated rings. The van der Waals surface area contributed by atoms with E-state index in [1.54, 1.807) is 16.9 Å². The van der Waals surface area contributed by atoms with Gasteiger partial charge in [-0.25, -0.2) is 4.68 Å². The quantitative estimate of drug-likeness (QED) is 0.731. The topological polar surface area (TPSA) is 78.5 Å². The Hall–Kier alpha value is -2.35. The Morgan fingerprint density at radius 1 is 1.27 bits per heavy atom. The Kier molecular flexibility index (Phi) is 3.84. The number of hydrogen-bond donors (Lipinski definition) is 0. The highest BCUT2D eigenvalue weighted by atomic mass is 32.1. The first-order valence-electron chi connectivity index (χ1n) is 6.92. The fourth-order valence-electron chi connectivity index (χ4n) is 1.96. The molecule has 0 unspecified atom stereocenters. The highest BCUT2D eigenvalue weighted by molar-refractivity contribution is 7.11. The highest BCUT2D eigenvalue weighted by Gasteiger charge is 2.11. The van der Waals surface area contributed by atoms with E-state index in [2.05, 4.69) is 34.2 Å². The molecular formula is C14H16N6OS. The predicted octanol–water partition coefficient (Wildman–Crippen LogP) is 1.67. The Bertz CT molecular complexity index is 847. The van der Waals surface area contributed by atoms with Crippen LogP contribution in [-0.4, -0.2) is 29.8 Å². The van der Waals surface area contributed by atoms with Crippen LogP contribution in [0.25, 0.3) is 11.3 Å². The number of rotatable bonds is 4. The van der Waals surface area contributed by atoms with Crippen molar-refractivity contribution in [1.29, 1.82) is 0 Å². The van der Waals surface area contributed by atoms with Crippen molar-refractivity contribution >= 4 is 11.3 Å². The predicted molar refractivity (Wildman–Crippen MR) is 83.8 cm³/mol. The molecule has 7 nitrogen and oxygen atoms in total. The first-order chi connectivity index (χ1) is 10.5. The number of aromatic nitrogens is 6. The molecule has 22 heavy (non-hydrogen) atoms. The van der Waals surface area contributed by atoms with Gasteiger partial charge in [0.1, 0.15) is 10.0 Å². The minimum Gasteiger partial charge on any atom is -0.275 e. The maximum absolute atomic E-state index is 12.0. The second-order valence-corrected chi connectivity index (χ2v) is 6.40. The summed E-state index contributed by atoms with van der Waals surface area (Å²) in [4.78, 5) is 12.0. The number of nitrogens with zero attached hydrogens (tertiary/aromatic N) is 6. The standard InChI is InChI=1S/C14H16N6OS/c1-9(2)14-17-16-12(22-14)8-20-13(21)5-4-11(18-20)10-6-15-19(3)7-10/h4-7,9H,8H2,1-3H3. The van der Waals surface area contributed by atoms with E-state index in [-0.39, 0.29) is 5.56 Å². The lowest BCUT2D eigenvalue weighted by molar-refractivity contribution is 0.635. The van der Waals surface area contributed by atoms with Crippen molar-refractivity contribution in [3.05, 3.63) is 44.9 Å². The number of hydrogen-bond acceptors (Lipinski definition) is 6. The van der Waals surface area contributed by atoms with Crippen molar-refractivity contribution in [3.8, 4) is 11.3 Å². The smallest absolute Gasteiger partial charge is 0.267 e. The van der Waals surface area contributed by atoms with Gasteiger partial charge in [-0.1, -0.05) is 25.2 Å². The molecule has 3 rings (SSSR count). The summed E-state index contributed by atoms with van der Waals surface area (Å²) in [5.74, 6) is 0.331. The lowest BCUT2D eigenvalue weighted by atomic mass is 10.2. The highest BCUT2D eigenvalue weighted by Crippen LogP contribution is 2.19. The van der Waals surface area contributed by atoms with E-state index in [0.29, 0.717) is 18.2 Å². The Morgan fingerprint density at radius 2 is 2.09 bits per heavy atom. The van der Waals surface area contributed by atoms with Crippen LogP contribution in [0.15, 0.2) is 29.3 Å². The molecule has 0 bridgehead atoms. The zero-order chi connectivity index (χ0) is 15.7. The second kappa shape index (κ2) is 5.80. The Morgan fingerprint density at radius 3 is 2.73 bits per heavy atom. The van der Waals surface area contributed by atoms with Crippen LogP contribution in [0.5, 0.6) is 0 Å². The van der Waals surface area contributed by atoms with Crippen molar-refractivity contribution in [3.63, 3.8) is 0 Å².